The van der Waals surface area contributed by atoms with Crippen molar-refractivity contribution in [3.8, 4) is 0 Å². The molecule has 2 fully saturated rings. The quantitative estimate of drug-likeness (QED) is 0.706. The van der Waals surface area contributed by atoms with Crippen LogP contribution in [-0.2, 0) is 19.5 Å². The SMILES string of the molecule is COC(=O)N1CC[C@H](NS(=O)(=O)C(C)C)[C@@H]1COC1CCC(c2ccccc2)CC1. The number of hydrogen-bond donors (Lipinski definition) is 1. The molecule has 7 nitrogen and oxygen atoms in total. The van der Waals surface area contributed by atoms with Gasteiger partial charge in [0.25, 0.3) is 0 Å². The monoisotopic (exact) mass is 438 g/mol. The lowest BCUT2D eigenvalue weighted by molar-refractivity contribution is -0.00536. The Hall–Kier alpha value is -1.64. The fourth-order valence-corrected chi connectivity index (χ4v) is 5.38. The number of methoxy groups -OCH3 is 1. The van der Waals surface area contributed by atoms with Gasteiger partial charge in [-0.05, 0) is 57.4 Å². The van der Waals surface area contributed by atoms with Crippen molar-refractivity contribution in [2.24, 2.45) is 0 Å². The van der Waals surface area contributed by atoms with E-state index in [9.17, 15) is 13.2 Å². The lowest BCUT2D eigenvalue weighted by atomic mass is 9.83. The van der Waals surface area contributed by atoms with Crippen LogP contribution in [0, 0.1) is 0 Å². The van der Waals surface area contributed by atoms with Crippen molar-refractivity contribution in [2.45, 2.75) is 75.3 Å². The highest BCUT2D eigenvalue weighted by molar-refractivity contribution is 7.90. The van der Waals surface area contributed by atoms with Crippen molar-refractivity contribution in [2.75, 3.05) is 20.3 Å². The zero-order valence-electron chi connectivity index (χ0n) is 18.1. The highest BCUT2D eigenvalue weighted by atomic mass is 32.2. The van der Waals surface area contributed by atoms with Crippen LogP contribution in [0.4, 0.5) is 4.79 Å². The van der Waals surface area contributed by atoms with Gasteiger partial charge in [0.2, 0.25) is 10.0 Å². The molecule has 1 aromatic rings. The molecule has 2 atom stereocenters. The molecular formula is C22H34N2O5S. The summed E-state index contributed by atoms with van der Waals surface area (Å²) in [6, 6.07) is 9.84. The minimum atomic E-state index is -3.44. The summed E-state index contributed by atoms with van der Waals surface area (Å²) in [6.07, 6.45) is 4.32. The molecule has 30 heavy (non-hydrogen) atoms. The van der Waals surface area contributed by atoms with Crippen molar-refractivity contribution < 1.29 is 22.7 Å². The number of carbonyl (C=O) groups is 1. The number of carbonyl (C=O) groups excluding carboxylic acids is 1. The fourth-order valence-electron chi connectivity index (χ4n) is 4.41. The van der Waals surface area contributed by atoms with Gasteiger partial charge in [-0.2, -0.15) is 0 Å². The maximum atomic E-state index is 12.4. The van der Waals surface area contributed by atoms with E-state index in [0.717, 1.165) is 25.7 Å². The topological polar surface area (TPSA) is 84.9 Å². The zero-order valence-corrected chi connectivity index (χ0v) is 18.9. The molecular weight excluding hydrogens is 404 g/mol. The van der Waals surface area contributed by atoms with Gasteiger partial charge in [0, 0.05) is 12.6 Å². The molecule has 1 aromatic carbocycles. The fraction of sp³-hybridized carbons (Fsp3) is 0.682. The number of amides is 1. The lowest BCUT2D eigenvalue weighted by Gasteiger charge is -2.32. The van der Waals surface area contributed by atoms with Crippen molar-refractivity contribution in [3.63, 3.8) is 0 Å². The first-order valence-electron chi connectivity index (χ1n) is 10.8. The van der Waals surface area contributed by atoms with E-state index in [-0.39, 0.29) is 18.2 Å². The second-order valence-corrected chi connectivity index (χ2v) is 10.8. The summed E-state index contributed by atoms with van der Waals surface area (Å²) in [5.41, 5.74) is 1.38. The van der Waals surface area contributed by atoms with Crippen LogP contribution < -0.4 is 4.72 Å². The molecule has 1 aliphatic carbocycles. The van der Waals surface area contributed by atoms with Gasteiger partial charge in [-0.1, -0.05) is 30.3 Å². The number of nitrogens with zero attached hydrogens (tertiary/aromatic N) is 1. The van der Waals surface area contributed by atoms with Gasteiger partial charge in [-0.15, -0.1) is 0 Å². The molecule has 1 saturated carbocycles. The van der Waals surface area contributed by atoms with Crippen LogP contribution in [0.2, 0.25) is 0 Å². The summed E-state index contributed by atoms with van der Waals surface area (Å²) in [4.78, 5) is 13.8. The molecule has 0 radical (unpaired) electrons. The largest absolute Gasteiger partial charge is 0.453 e. The Morgan fingerprint density at radius 3 is 2.40 bits per heavy atom. The Kier molecular flexibility index (Phi) is 7.76. The Balaban J connectivity index is 1.58. The first-order valence-corrected chi connectivity index (χ1v) is 12.4. The summed E-state index contributed by atoms with van der Waals surface area (Å²) in [5.74, 6) is 0.565. The van der Waals surface area contributed by atoms with Gasteiger partial charge in [0.1, 0.15) is 0 Å². The molecule has 168 valence electrons. The van der Waals surface area contributed by atoms with Crippen molar-refractivity contribution >= 4 is 16.1 Å². The molecule has 0 spiro atoms. The minimum Gasteiger partial charge on any atom is -0.453 e. The Bertz CT molecular complexity index is 791. The molecule has 1 aliphatic heterocycles. The summed E-state index contributed by atoms with van der Waals surface area (Å²) in [6.45, 7) is 4.05. The van der Waals surface area contributed by atoms with Gasteiger partial charge in [0.15, 0.2) is 0 Å². The van der Waals surface area contributed by atoms with Crippen LogP contribution >= 0.6 is 0 Å². The highest BCUT2D eigenvalue weighted by Crippen LogP contribution is 2.34. The van der Waals surface area contributed by atoms with E-state index >= 15 is 0 Å². The predicted octanol–water partition coefficient (Wildman–Crippen LogP) is 3.27. The van der Waals surface area contributed by atoms with Gasteiger partial charge in [-0.3, -0.25) is 0 Å². The van der Waals surface area contributed by atoms with Crippen molar-refractivity contribution in [1.82, 2.24) is 9.62 Å². The number of hydrogen-bond acceptors (Lipinski definition) is 5. The number of ether oxygens (including phenoxy) is 2. The molecule has 0 unspecified atom stereocenters. The first kappa shape index (κ1) is 23.0. The number of likely N-dealkylation sites (tertiary alicyclic amines) is 1. The first-order chi connectivity index (χ1) is 14.3. The molecule has 3 rings (SSSR count). The molecule has 0 aromatic heterocycles. The maximum Gasteiger partial charge on any atom is 0.409 e. The summed E-state index contributed by atoms with van der Waals surface area (Å²) in [5, 5.41) is -0.528. The lowest BCUT2D eigenvalue weighted by Crippen LogP contribution is -2.50. The molecule has 1 N–H and O–H groups in total. The molecule has 1 saturated heterocycles. The van der Waals surface area contributed by atoms with Crippen LogP contribution in [0.1, 0.15) is 57.4 Å². The summed E-state index contributed by atoms with van der Waals surface area (Å²) < 4.78 is 38.6. The molecule has 1 amide bonds. The zero-order chi connectivity index (χ0) is 21.7. The summed E-state index contributed by atoms with van der Waals surface area (Å²) >= 11 is 0. The molecule has 8 heteroatoms. The van der Waals surface area contributed by atoms with Crippen LogP contribution in [0.5, 0.6) is 0 Å². The Labute approximate surface area is 180 Å². The average molecular weight is 439 g/mol. The van der Waals surface area contributed by atoms with E-state index in [4.69, 9.17) is 9.47 Å². The predicted molar refractivity (Wildman–Crippen MR) is 116 cm³/mol. The Morgan fingerprint density at radius 2 is 1.80 bits per heavy atom. The minimum absolute atomic E-state index is 0.132. The number of benzene rings is 1. The van der Waals surface area contributed by atoms with Crippen LogP contribution in [0.3, 0.4) is 0 Å². The van der Waals surface area contributed by atoms with E-state index < -0.39 is 21.4 Å². The third-order valence-electron chi connectivity index (χ3n) is 6.34. The third kappa shape index (κ3) is 5.53. The van der Waals surface area contributed by atoms with E-state index in [0.29, 0.717) is 25.5 Å². The third-order valence-corrected chi connectivity index (χ3v) is 8.21. The van der Waals surface area contributed by atoms with Gasteiger partial charge in [0.05, 0.1) is 31.1 Å². The average Bonchev–Trinajstić information content (AvgIpc) is 3.14. The number of nitrogens with one attached hydrogen (secondary N) is 1. The highest BCUT2D eigenvalue weighted by Gasteiger charge is 2.40. The van der Waals surface area contributed by atoms with Gasteiger partial charge >= 0.3 is 6.09 Å². The summed E-state index contributed by atoms with van der Waals surface area (Å²) in [7, 11) is -2.09. The maximum absolute atomic E-state index is 12.4. The Morgan fingerprint density at radius 1 is 1.13 bits per heavy atom. The second-order valence-electron chi connectivity index (χ2n) is 8.56. The van der Waals surface area contributed by atoms with Crippen LogP contribution in [0.15, 0.2) is 30.3 Å². The van der Waals surface area contributed by atoms with Crippen LogP contribution in [0.25, 0.3) is 0 Å². The van der Waals surface area contributed by atoms with E-state index in [1.54, 1.807) is 18.7 Å². The normalized spacial score (nSPS) is 27.4. The number of sulfonamides is 1. The van der Waals surface area contributed by atoms with E-state index in [1.165, 1.54) is 12.7 Å². The second kappa shape index (κ2) is 10.1. The molecule has 2 aliphatic rings. The molecule has 0 bridgehead atoms. The van der Waals surface area contributed by atoms with Gasteiger partial charge < -0.3 is 14.4 Å². The number of rotatable bonds is 7. The van der Waals surface area contributed by atoms with Crippen molar-refractivity contribution in [1.29, 1.82) is 0 Å². The molecule has 1 heterocycles. The van der Waals surface area contributed by atoms with Crippen molar-refractivity contribution in [3.05, 3.63) is 35.9 Å². The van der Waals surface area contributed by atoms with E-state index in [1.807, 2.05) is 6.07 Å². The van der Waals surface area contributed by atoms with E-state index in [2.05, 4.69) is 29.0 Å². The smallest absolute Gasteiger partial charge is 0.409 e. The van der Waals surface area contributed by atoms with Crippen LogP contribution in [-0.4, -0.2) is 63.1 Å². The standard InChI is InChI=1S/C22H34N2O5S/c1-16(2)30(26,27)23-20-13-14-24(22(25)28-3)21(20)15-29-19-11-9-18(10-12-19)17-7-5-4-6-8-17/h4-8,16,18-21,23H,9-15H2,1-3H3/t18?,19?,20-,21-/m0/s1. The van der Waals surface area contributed by atoms with Gasteiger partial charge in [-0.25, -0.2) is 17.9 Å².